The van der Waals surface area contributed by atoms with Crippen molar-refractivity contribution in [1.29, 1.82) is 0 Å². The van der Waals surface area contributed by atoms with Gasteiger partial charge in [-0.05, 0) is 24.1 Å². The van der Waals surface area contributed by atoms with Gasteiger partial charge in [0, 0.05) is 6.08 Å². The quantitative estimate of drug-likeness (QED) is 0.542. The first kappa shape index (κ1) is 22.2. The molecule has 0 aliphatic rings. The van der Waals surface area contributed by atoms with Crippen LogP contribution in [0.25, 0.3) is 0 Å². The number of methoxy groups -OCH3 is 2. The molecule has 0 saturated carbocycles. The molecule has 1 amide bonds. The molecular formula is C17H18F3NO6. The lowest BCUT2D eigenvalue weighted by atomic mass is 10.1. The van der Waals surface area contributed by atoms with Crippen LogP contribution in [0.3, 0.4) is 0 Å². The maximum atomic E-state index is 12.5. The van der Waals surface area contributed by atoms with Crippen molar-refractivity contribution in [2.75, 3.05) is 14.2 Å². The Balaban J connectivity index is 2.83. The second-order valence-electron chi connectivity index (χ2n) is 5.27. The van der Waals surface area contributed by atoms with Gasteiger partial charge in [0.25, 0.3) is 5.91 Å². The van der Waals surface area contributed by atoms with Gasteiger partial charge in [-0.25, -0.2) is 9.59 Å². The molecule has 0 radical (unpaired) electrons. The highest BCUT2D eigenvalue weighted by Crippen LogP contribution is 2.29. The molecule has 0 aliphatic carbocycles. The van der Waals surface area contributed by atoms with Crippen molar-refractivity contribution in [3.8, 4) is 0 Å². The minimum Gasteiger partial charge on any atom is -0.467 e. The summed E-state index contributed by atoms with van der Waals surface area (Å²) < 4.78 is 46.5. The molecule has 0 aromatic heterocycles. The zero-order valence-electron chi connectivity index (χ0n) is 14.4. The van der Waals surface area contributed by atoms with E-state index in [-0.39, 0.29) is 12.0 Å². The van der Waals surface area contributed by atoms with Crippen LogP contribution in [0.1, 0.15) is 23.7 Å². The number of aliphatic hydroxyl groups excluding tert-OH is 1. The first-order valence-corrected chi connectivity index (χ1v) is 7.58. The number of rotatable bonds is 7. The molecule has 148 valence electrons. The van der Waals surface area contributed by atoms with Crippen LogP contribution in [0, 0.1) is 0 Å². The van der Waals surface area contributed by atoms with Crippen LogP contribution < -0.4 is 5.32 Å². The Labute approximate surface area is 152 Å². The van der Waals surface area contributed by atoms with E-state index in [9.17, 15) is 32.7 Å². The molecule has 7 nitrogen and oxygen atoms in total. The number of carbonyl (C=O) groups excluding carboxylic acids is 3. The molecule has 10 heteroatoms. The number of ether oxygens (including phenoxy) is 2. The van der Waals surface area contributed by atoms with Crippen molar-refractivity contribution in [2.24, 2.45) is 0 Å². The average molecular weight is 389 g/mol. The van der Waals surface area contributed by atoms with Crippen molar-refractivity contribution in [3.05, 3.63) is 47.5 Å². The normalized spacial score (nSPS) is 13.7. The van der Waals surface area contributed by atoms with Gasteiger partial charge in [0.2, 0.25) is 0 Å². The van der Waals surface area contributed by atoms with Gasteiger partial charge in [0.05, 0.1) is 19.8 Å². The van der Waals surface area contributed by atoms with Crippen LogP contribution in [-0.4, -0.2) is 43.2 Å². The van der Waals surface area contributed by atoms with E-state index in [1.54, 1.807) is 0 Å². The fourth-order valence-electron chi connectivity index (χ4n) is 1.98. The van der Waals surface area contributed by atoms with E-state index >= 15 is 0 Å². The Hall–Kier alpha value is -2.88. The number of hydrogen-bond acceptors (Lipinski definition) is 6. The van der Waals surface area contributed by atoms with Crippen LogP contribution in [0.4, 0.5) is 13.2 Å². The zero-order chi connectivity index (χ0) is 20.6. The summed E-state index contributed by atoms with van der Waals surface area (Å²) in [5, 5.41) is 12.2. The van der Waals surface area contributed by atoms with Crippen molar-refractivity contribution in [1.82, 2.24) is 5.32 Å². The number of hydrogen-bond donors (Lipinski definition) is 2. The third kappa shape index (κ3) is 6.74. The molecule has 2 N–H and O–H groups in total. The summed E-state index contributed by atoms with van der Waals surface area (Å²) in [4.78, 5) is 34.8. The summed E-state index contributed by atoms with van der Waals surface area (Å²) in [6, 6.07) is 2.15. The summed E-state index contributed by atoms with van der Waals surface area (Å²) in [5.74, 6) is -2.52. The molecule has 0 unspecified atom stereocenters. The lowest BCUT2D eigenvalue weighted by Crippen LogP contribution is -2.43. The Bertz CT molecular complexity index is 700. The molecule has 0 saturated heterocycles. The highest BCUT2D eigenvalue weighted by molar-refractivity contribution is 5.88. The highest BCUT2D eigenvalue weighted by Gasteiger charge is 2.31. The molecule has 0 aliphatic heterocycles. The highest BCUT2D eigenvalue weighted by atomic mass is 19.4. The predicted octanol–water partition coefficient (Wildman–Crippen LogP) is 1.52. The molecule has 0 heterocycles. The molecule has 1 rings (SSSR count). The fraction of sp³-hybridized carbons (Fsp3) is 0.353. The molecule has 0 spiro atoms. The monoisotopic (exact) mass is 389 g/mol. The lowest BCUT2D eigenvalue weighted by Gasteiger charge is -2.18. The van der Waals surface area contributed by atoms with E-state index in [1.165, 1.54) is 6.08 Å². The number of amides is 1. The second kappa shape index (κ2) is 9.72. The third-order valence-electron chi connectivity index (χ3n) is 3.43. The van der Waals surface area contributed by atoms with Crippen LogP contribution >= 0.6 is 0 Å². The number of alkyl halides is 3. The number of carbonyl (C=O) groups is 3. The molecule has 0 bridgehead atoms. The molecule has 1 aromatic rings. The third-order valence-corrected chi connectivity index (χ3v) is 3.43. The van der Waals surface area contributed by atoms with Crippen molar-refractivity contribution < 1.29 is 42.1 Å². The van der Waals surface area contributed by atoms with E-state index < -0.39 is 41.7 Å². The Kier molecular flexibility index (Phi) is 7.98. The van der Waals surface area contributed by atoms with Crippen LogP contribution in [0.5, 0.6) is 0 Å². The van der Waals surface area contributed by atoms with Gasteiger partial charge in [-0.2, -0.15) is 13.2 Å². The number of benzene rings is 1. The summed E-state index contributed by atoms with van der Waals surface area (Å²) in [6.07, 6.45) is -4.18. The molecule has 2 atom stereocenters. The first-order chi connectivity index (χ1) is 12.6. The molecule has 1 aromatic carbocycles. The molecule has 27 heavy (non-hydrogen) atoms. The summed E-state index contributed by atoms with van der Waals surface area (Å²) in [7, 11) is 2.24. The van der Waals surface area contributed by atoms with Gasteiger partial charge < -0.3 is 19.9 Å². The van der Waals surface area contributed by atoms with Gasteiger partial charge in [-0.1, -0.05) is 18.2 Å². The van der Waals surface area contributed by atoms with E-state index in [4.69, 9.17) is 0 Å². The van der Waals surface area contributed by atoms with E-state index in [0.29, 0.717) is 0 Å². The lowest BCUT2D eigenvalue weighted by molar-refractivity contribution is -0.146. The minimum absolute atomic E-state index is 0.0887. The SMILES string of the molecule is COC(=O)/C=C/C[C@@H](NC(=O)[C@@H](O)c1ccc(C(F)(F)F)cc1)C(=O)OC. The topological polar surface area (TPSA) is 102 Å². The summed E-state index contributed by atoms with van der Waals surface area (Å²) in [6.45, 7) is 0. The molecular weight excluding hydrogens is 371 g/mol. The largest absolute Gasteiger partial charge is 0.467 e. The van der Waals surface area contributed by atoms with Crippen molar-refractivity contribution in [2.45, 2.75) is 24.7 Å². The second-order valence-corrected chi connectivity index (χ2v) is 5.27. The number of aliphatic hydroxyl groups is 1. The van der Waals surface area contributed by atoms with Crippen molar-refractivity contribution >= 4 is 17.8 Å². The van der Waals surface area contributed by atoms with Gasteiger partial charge in [-0.3, -0.25) is 4.79 Å². The Morgan fingerprint density at radius 3 is 2.22 bits per heavy atom. The van der Waals surface area contributed by atoms with E-state index in [0.717, 1.165) is 44.6 Å². The van der Waals surface area contributed by atoms with Gasteiger partial charge in [-0.15, -0.1) is 0 Å². The average Bonchev–Trinajstić information content (AvgIpc) is 2.64. The van der Waals surface area contributed by atoms with E-state index in [1.807, 2.05) is 0 Å². The predicted molar refractivity (Wildman–Crippen MR) is 86.1 cm³/mol. The Morgan fingerprint density at radius 2 is 1.74 bits per heavy atom. The van der Waals surface area contributed by atoms with Gasteiger partial charge >= 0.3 is 18.1 Å². The molecule has 0 fully saturated rings. The maximum absolute atomic E-state index is 12.5. The van der Waals surface area contributed by atoms with Crippen LogP contribution in [-0.2, 0) is 30.0 Å². The first-order valence-electron chi connectivity index (χ1n) is 7.58. The zero-order valence-corrected chi connectivity index (χ0v) is 14.4. The van der Waals surface area contributed by atoms with Crippen LogP contribution in [0.2, 0.25) is 0 Å². The number of esters is 2. The standard InChI is InChI=1S/C17H18F3NO6/c1-26-13(22)5-3-4-12(16(25)27-2)21-15(24)14(23)10-6-8-11(9-7-10)17(18,19)20/h3,5-9,12,14,23H,4H2,1-2H3,(H,21,24)/b5-3+/t12-,14+/m1/s1. The number of halogens is 3. The summed E-state index contributed by atoms with van der Waals surface area (Å²) in [5.41, 5.74) is -1.02. The fourth-order valence-corrected chi connectivity index (χ4v) is 1.98. The van der Waals surface area contributed by atoms with Crippen molar-refractivity contribution in [3.63, 3.8) is 0 Å². The minimum atomic E-state index is -4.55. The maximum Gasteiger partial charge on any atom is 0.416 e. The van der Waals surface area contributed by atoms with Crippen LogP contribution in [0.15, 0.2) is 36.4 Å². The van der Waals surface area contributed by atoms with Gasteiger partial charge in [0.15, 0.2) is 6.10 Å². The number of nitrogens with one attached hydrogen (secondary N) is 1. The van der Waals surface area contributed by atoms with E-state index in [2.05, 4.69) is 14.8 Å². The Morgan fingerprint density at radius 1 is 1.15 bits per heavy atom. The van der Waals surface area contributed by atoms with Gasteiger partial charge in [0.1, 0.15) is 6.04 Å². The summed E-state index contributed by atoms with van der Waals surface area (Å²) >= 11 is 0. The smallest absolute Gasteiger partial charge is 0.416 e.